The second-order valence-corrected chi connectivity index (χ2v) is 11.3. The van der Waals surface area contributed by atoms with Crippen molar-refractivity contribution < 1.29 is 24.2 Å². The number of unbranched alkanes of at least 4 members (excludes halogenated alkanes) is 2. The summed E-state index contributed by atoms with van der Waals surface area (Å²) in [5.74, 6) is -0.408. The molecule has 0 bridgehead atoms. The largest absolute Gasteiger partial charge is 0.508 e. The molecule has 8 heteroatoms. The predicted octanol–water partition coefficient (Wildman–Crippen LogP) is 4.92. The molecule has 4 unspecified atom stereocenters. The molecule has 0 aromatic heterocycles. The van der Waals surface area contributed by atoms with E-state index in [0.29, 0.717) is 18.5 Å². The van der Waals surface area contributed by atoms with Gasteiger partial charge in [0.05, 0.1) is 0 Å². The maximum Gasteiger partial charge on any atom is 0.408 e. The van der Waals surface area contributed by atoms with Gasteiger partial charge in [-0.1, -0.05) is 58.7 Å². The van der Waals surface area contributed by atoms with Gasteiger partial charge in [0.2, 0.25) is 11.8 Å². The SMILES string of the molecule is CCCCCNC(=O)C(c1ccccc1O)N(C(=O)C(CC(C)C)NC(=O)OC(C)(C)C)C1CC1C. The molecule has 0 aliphatic heterocycles. The number of benzene rings is 1. The third kappa shape index (κ3) is 8.71. The fraction of sp³-hybridized carbons (Fsp3) is 0.679. The molecule has 0 saturated heterocycles. The number of alkyl carbamates (subject to hydrolysis) is 1. The van der Waals surface area contributed by atoms with Crippen LogP contribution in [0.2, 0.25) is 0 Å². The van der Waals surface area contributed by atoms with Crippen LogP contribution in [0.25, 0.3) is 0 Å². The van der Waals surface area contributed by atoms with Crippen molar-refractivity contribution in [2.45, 2.75) is 104 Å². The lowest BCUT2D eigenvalue weighted by molar-refractivity contribution is -0.143. The Hall–Kier alpha value is -2.77. The number of aromatic hydroxyl groups is 1. The van der Waals surface area contributed by atoms with E-state index in [1.54, 1.807) is 43.9 Å². The normalized spacial score (nSPS) is 18.8. The van der Waals surface area contributed by atoms with E-state index in [-0.39, 0.29) is 35.4 Å². The van der Waals surface area contributed by atoms with Gasteiger partial charge < -0.3 is 25.4 Å². The van der Waals surface area contributed by atoms with E-state index in [9.17, 15) is 19.5 Å². The number of carbonyl (C=O) groups is 3. The van der Waals surface area contributed by atoms with Gasteiger partial charge >= 0.3 is 6.09 Å². The molecule has 1 aromatic carbocycles. The number of hydrogen-bond donors (Lipinski definition) is 3. The number of ether oxygens (including phenoxy) is 1. The van der Waals surface area contributed by atoms with Crippen molar-refractivity contribution >= 4 is 17.9 Å². The van der Waals surface area contributed by atoms with Crippen molar-refractivity contribution in [3.05, 3.63) is 29.8 Å². The molecule has 8 nitrogen and oxygen atoms in total. The summed E-state index contributed by atoms with van der Waals surface area (Å²) in [7, 11) is 0. The zero-order valence-corrected chi connectivity index (χ0v) is 23.0. The van der Waals surface area contributed by atoms with E-state index in [0.717, 1.165) is 25.7 Å². The Morgan fingerprint density at radius 3 is 2.33 bits per heavy atom. The second-order valence-electron chi connectivity index (χ2n) is 11.3. The summed E-state index contributed by atoms with van der Waals surface area (Å²) < 4.78 is 5.42. The minimum Gasteiger partial charge on any atom is -0.508 e. The highest BCUT2D eigenvalue weighted by atomic mass is 16.6. The molecule has 0 heterocycles. The molecular weight excluding hydrogens is 458 g/mol. The Bertz CT molecular complexity index is 895. The van der Waals surface area contributed by atoms with Crippen molar-refractivity contribution in [1.29, 1.82) is 0 Å². The summed E-state index contributed by atoms with van der Waals surface area (Å²) in [6.07, 6.45) is 3.31. The fourth-order valence-corrected chi connectivity index (χ4v) is 4.31. The Kier molecular flexibility index (Phi) is 10.6. The first kappa shape index (κ1) is 29.5. The average molecular weight is 504 g/mol. The van der Waals surface area contributed by atoms with Gasteiger partial charge in [0, 0.05) is 18.2 Å². The molecule has 0 spiro atoms. The molecule has 36 heavy (non-hydrogen) atoms. The number of phenols is 1. The minimum absolute atomic E-state index is 0.0437. The van der Waals surface area contributed by atoms with E-state index in [1.807, 2.05) is 20.8 Å². The highest BCUT2D eigenvalue weighted by Crippen LogP contribution is 2.42. The number of rotatable bonds is 12. The van der Waals surface area contributed by atoms with Gasteiger partial charge in [-0.25, -0.2) is 4.79 Å². The molecule has 2 rings (SSSR count). The molecule has 3 amide bonds. The molecule has 202 valence electrons. The number of phenolic OH excluding ortho intramolecular Hbond substituents is 1. The summed E-state index contributed by atoms with van der Waals surface area (Å²) in [6.45, 7) is 13.9. The Labute approximate surface area is 216 Å². The van der Waals surface area contributed by atoms with Crippen molar-refractivity contribution in [2.24, 2.45) is 11.8 Å². The van der Waals surface area contributed by atoms with Crippen LogP contribution in [0.5, 0.6) is 5.75 Å². The zero-order chi connectivity index (χ0) is 27.0. The summed E-state index contributed by atoms with van der Waals surface area (Å²) >= 11 is 0. The molecule has 1 aromatic rings. The number of nitrogens with one attached hydrogen (secondary N) is 2. The van der Waals surface area contributed by atoms with E-state index in [1.165, 1.54) is 6.07 Å². The number of nitrogens with zero attached hydrogens (tertiary/aromatic N) is 1. The standard InChI is InChI=1S/C28H45N3O5/c1-8-9-12-15-29-25(33)24(20-13-10-11-14-23(20)32)31(22-17-19(22)4)26(34)21(16-18(2)3)30-27(35)36-28(5,6)7/h10-11,13-14,18-19,21-22,24,32H,8-9,12,15-17H2,1-7H3,(H,29,33)(H,30,35). The smallest absolute Gasteiger partial charge is 0.408 e. The van der Waals surface area contributed by atoms with Gasteiger partial charge in [0.25, 0.3) is 0 Å². The van der Waals surface area contributed by atoms with Crippen LogP contribution in [0, 0.1) is 11.8 Å². The van der Waals surface area contributed by atoms with E-state index in [2.05, 4.69) is 17.6 Å². The Balaban J connectivity index is 2.44. The number of para-hydroxylation sites is 1. The van der Waals surface area contributed by atoms with Crippen LogP contribution in [-0.4, -0.2) is 52.1 Å². The predicted molar refractivity (Wildman–Crippen MR) is 140 cm³/mol. The fourth-order valence-electron chi connectivity index (χ4n) is 4.31. The number of carbonyl (C=O) groups excluding carboxylic acids is 3. The number of hydrogen-bond acceptors (Lipinski definition) is 5. The van der Waals surface area contributed by atoms with E-state index >= 15 is 0 Å². The van der Waals surface area contributed by atoms with Gasteiger partial charge in [-0.2, -0.15) is 0 Å². The van der Waals surface area contributed by atoms with Crippen molar-refractivity contribution in [1.82, 2.24) is 15.5 Å². The van der Waals surface area contributed by atoms with Gasteiger partial charge in [0.15, 0.2) is 0 Å². The summed E-state index contributed by atoms with van der Waals surface area (Å²) in [6, 6.07) is 4.59. The third-order valence-corrected chi connectivity index (χ3v) is 6.21. The maximum atomic E-state index is 14.1. The van der Waals surface area contributed by atoms with Crippen molar-refractivity contribution in [2.75, 3.05) is 6.54 Å². The monoisotopic (exact) mass is 503 g/mol. The first-order valence-electron chi connectivity index (χ1n) is 13.2. The van der Waals surface area contributed by atoms with E-state index in [4.69, 9.17) is 4.74 Å². The Morgan fingerprint density at radius 1 is 1.17 bits per heavy atom. The Morgan fingerprint density at radius 2 is 1.81 bits per heavy atom. The molecular formula is C28H45N3O5. The van der Waals surface area contributed by atoms with Crippen LogP contribution in [0.15, 0.2) is 24.3 Å². The van der Waals surface area contributed by atoms with Crippen LogP contribution < -0.4 is 10.6 Å². The summed E-state index contributed by atoms with van der Waals surface area (Å²) in [5, 5.41) is 16.4. The van der Waals surface area contributed by atoms with Gasteiger partial charge in [-0.3, -0.25) is 9.59 Å². The molecule has 1 fully saturated rings. The van der Waals surface area contributed by atoms with Crippen LogP contribution in [-0.2, 0) is 14.3 Å². The quantitative estimate of drug-likeness (QED) is 0.351. The van der Waals surface area contributed by atoms with Crippen LogP contribution >= 0.6 is 0 Å². The zero-order valence-electron chi connectivity index (χ0n) is 23.0. The van der Waals surface area contributed by atoms with Crippen molar-refractivity contribution in [3.63, 3.8) is 0 Å². The highest BCUT2D eigenvalue weighted by molar-refractivity contribution is 5.93. The first-order valence-corrected chi connectivity index (χ1v) is 13.2. The molecule has 1 saturated carbocycles. The number of amides is 3. The minimum atomic E-state index is -1.01. The first-order chi connectivity index (χ1) is 16.9. The lowest BCUT2D eigenvalue weighted by Gasteiger charge is -2.35. The summed E-state index contributed by atoms with van der Waals surface area (Å²) in [4.78, 5) is 41.9. The molecule has 1 aliphatic rings. The third-order valence-electron chi connectivity index (χ3n) is 6.21. The molecule has 0 radical (unpaired) electrons. The van der Waals surface area contributed by atoms with Crippen LogP contribution in [0.3, 0.4) is 0 Å². The van der Waals surface area contributed by atoms with Crippen LogP contribution in [0.1, 0.15) is 92.2 Å². The van der Waals surface area contributed by atoms with Gasteiger partial charge in [-0.15, -0.1) is 0 Å². The lowest BCUT2D eigenvalue weighted by atomic mass is 9.98. The maximum absolute atomic E-state index is 14.1. The lowest BCUT2D eigenvalue weighted by Crippen LogP contribution is -2.54. The second kappa shape index (κ2) is 13.0. The van der Waals surface area contributed by atoms with Crippen LogP contribution in [0.4, 0.5) is 4.79 Å². The summed E-state index contributed by atoms with van der Waals surface area (Å²) in [5.41, 5.74) is -0.338. The van der Waals surface area contributed by atoms with Gasteiger partial charge in [-0.05, 0) is 57.9 Å². The molecule has 4 atom stereocenters. The average Bonchev–Trinajstić information content (AvgIpc) is 3.48. The van der Waals surface area contributed by atoms with E-state index < -0.39 is 23.8 Å². The topological polar surface area (TPSA) is 108 Å². The van der Waals surface area contributed by atoms with Crippen molar-refractivity contribution in [3.8, 4) is 5.75 Å². The molecule has 3 N–H and O–H groups in total. The highest BCUT2D eigenvalue weighted by Gasteiger charge is 2.48. The van der Waals surface area contributed by atoms with Gasteiger partial charge in [0.1, 0.15) is 23.4 Å². The molecule has 1 aliphatic carbocycles.